The van der Waals surface area contributed by atoms with Gasteiger partial charge in [-0.25, -0.2) is 4.79 Å². The van der Waals surface area contributed by atoms with Crippen LogP contribution in [0.5, 0.6) is 0 Å². The predicted octanol–water partition coefficient (Wildman–Crippen LogP) is 3.13. The van der Waals surface area contributed by atoms with Gasteiger partial charge in [-0.3, -0.25) is 0 Å². The van der Waals surface area contributed by atoms with E-state index in [0.29, 0.717) is 5.56 Å². The lowest BCUT2D eigenvalue weighted by molar-refractivity contribution is 0.0600. The fourth-order valence-electron chi connectivity index (χ4n) is 2.61. The summed E-state index contributed by atoms with van der Waals surface area (Å²) in [5.41, 5.74) is 3.57. The number of benzene rings is 2. The van der Waals surface area contributed by atoms with Crippen molar-refractivity contribution in [2.45, 2.75) is 18.9 Å². The molecule has 0 saturated carbocycles. The second-order valence-corrected chi connectivity index (χ2v) is 5.30. The molecule has 0 radical (unpaired) electrons. The number of ether oxygens (including phenoxy) is 2. The molecule has 0 aliphatic carbocycles. The van der Waals surface area contributed by atoms with Crippen molar-refractivity contribution >= 4 is 5.97 Å². The summed E-state index contributed by atoms with van der Waals surface area (Å²) in [6, 6.07) is 15.4. The minimum Gasteiger partial charge on any atom is -0.465 e. The van der Waals surface area contributed by atoms with Crippen LogP contribution < -0.4 is 0 Å². The van der Waals surface area contributed by atoms with Gasteiger partial charge < -0.3 is 14.6 Å². The third kappa shape index (κ3) is 4.41. The summed E-state index contributed by atoms with van der Waals surface area (Å²) < 4.78 is 10.4. The molecule has 0 amide bonds. The van der Waals surface area contributed by atoms with Crippen molar-refractivity contribution in [2.75, 3.05) is 20.8 Å². The van der Waals surface area contributed by atoms with E-state index in [2.05, 4.69) is 6.07 Å². The minimum atomic E-state index is -0.363. The third-order valence-corrected chi connectivity index (χ3v) is 3.72. The summed E-state index contributed by atoms with van der Waals surface area (Å²) >= 11 is 0. The molecule has 0 saturated heterocycles. The Labute approximate surface area is 136 Å². The number of aliphatic hydroxyl groups excluding tert-OH is 1. The topological polar surface area (TPSA) is 55.8 Å². The van der Waals surface area contributed by atoms with Crippen molar-refractivity contribution < 1.29 is 19.4 Å². The molecule has 0 aliphatic heterocycles. The number of hydrogen-bond donors (Lipinski definition) is 1. The smallest absolute Gasteiger partial charge is 0.337 e. The molecule has 1 N–H and O–H groups in total. The summed E-state index contributed by atoms with van der Waals surface area (Å²) in [6.45, 7) is 0.180. The van der Waals surface area contributed by atoms with E-state index in [1.165, 1.54) is 7.11 Å². The Balaban J connectivity index is 2.30. The lowest BCUT2D eigenvalue weighted by atomic mass is 9.97. The molecule has 2 rings (SSSR count). The Bertz CT molecular complexity index is 651. The number of rotatable bonds is 7. The number of carbonyl (C=O) groups excluding carboxylic acids is 1. The molecule has 4 nitrogen and oxygen atoms in total. The maximum Gasteiger partial charge on any atom is 0.337 e. The van der Waals surface area contributed by atoms with Gasteiger partial charge in [0.25, 0.3) is 0 Å². The quantitative estimate of drug-likeness (QED) is 0.798. The zero-order chi connectivity index (χ0) is 16.7. The van der Waals surface area contributed by atoms with Crippen molar-refractivity contribution in [3.8, 4) is 0 Å². The summed E-state index contributed by atoms with van der Waals surface area (Å²) in [4.78, 5) is 11.7. The zero-order valence-electron chi connectivity index (χ0n) is 13.5. The molecule has 0 aromatic heterocycles. The second kappa shape index (κ2) is 8.46. The van der Waals surface area contributed by atoms with Crippen molar-refractivity contribution in [1.82, 2.24) is 0 Å². The van der Waals surface area contributed by atoms with E-state index in [9.17, 15) is 4.79 Å². The maximum atomic E-state index is 11.7. The molecule has 23 heavy (non-hydrogen) atoms. The van der Waals surface area contributed by atoms with E-state index in [4.69, 9.17) is 14.6 Å². The van der Waals surface area contributed by atoms with Gasteiger partial charge in [0.15, 0.2) is 0 Å². The largest absolute Gasteiger partial charge is 0.465 e. The first-order valence-electron chi connectivity index (χ1n) is 7.60. The molecule has 0 spiro atoms. The van der Waals surface area contributed by atoms with Crippen LogP contribution in [0.1, 0.15) is 39.6 Å². The average molecular weight is 314 g/mol. The van der Waals surface area contributed by atoms with E-state index in [-0.39, 0.29) is 18.7 Å². The SMILES string of the molecule is COC(=O)c1cccc(C(OC)c2cccc(CCCO)c2)c1. The second-order valence-electron chi connectivity index (χ2n) is 5.30. The van der Waals surface area contributed by atoms with E-state index < -0.39 is 0 Å². The average Bonchev–Trinajstić information content (AvgIpc) is 2.60. The van der Waals surface area contributed by atoms with Crippen LogP contribution in [-0.2, 0) is 15.9 Å². The zero-order valence-corrected chi connectivity index (χ0v) is 13.5. The highest BCUT2D eigenvalue weighted by atomic mass is 16.5. The van der Waals surface area contributed by atoms with Crippen molar-refractivity contribution in [1.29, 1.82) is 0 Å². The molecular formula is C19H22O4. The van der Waals surface area contributed by atoms with Crippen LogP contribution in [0.3, 0.4) is 0 Å². The highest BCUT2D eigenvalue weighted by Gasteiger charge is 2.16. The highest BCUT2D eigenvalue weighted by Crippen LogP contribution is 2.27. The van der Waals surface area contributed by atoms with Gasteiger partial charge in [-0.15, -0.1) is 0 Å². The molecular weight excluding hydrogens is 292 g/mol. The summed E-state index contributed by atoms with van der Waals surface area (Å²) in [5, 5.41) is 8.97. The standard InChI is InChI=1S/C19H22O4/c1-22-18(15-8-3-6-14(12-15)7-5-11-20)16-9-4-10-17(13-16)19(21)23-2/h3-4,6,8-10,12-13,18,20H,5,7,11H2,1-2H3. The van der Waals surface area contributed by atoms with Crippen LogP contribution in [0.25, 0.3) is 0 Å². The van der Waals surface area contributed by atoms with E-state index in [0.717, 1.165) is 29.5 Å². The van der Waals surface area contributed by atoms with E-state index in [1.807, 2.05) is 30.3 Å². The number of hydrogen-bond acceptors (Lipinski definition) is 4. The number of carbonyl (C=O) groups is 1. The molecule has 4 heteroatoms. The summed E-state index contributed by atoms with van der Waals surface area (Å²) in [5.74, 6) is -0.363. The Kier molecular flexibility index (Phi) is 6.32. The number of aryl methyl sites for hydroxylation is 1. The van der Waals surface area contributed by atoms with Gasteiger partial charge >= 0.3 is 5.97 Å². The van der Waals surface area contributed by atoms with Gasteiger partial charge in [0, 0.05) is 13.7 Å². The Morgan fingerprint density at radius 3 is 2.43 bits per heavy atom. The summed E-state index contributed by atoms with van der Waals surface area (Å²) in [7, 11) is 3.02. The molecule has 122 valence electrons. The first-order valence-corrected chi connectivity index (χ1v) is 7.60. The van der Waals surface area contributed by atoms with Crippen LogP contribution in [0.2, 0.25) is 0 Å². The predicted molar refractivity (Wildman–Crippen MR) is 88.5 cm³/mol. The molecule has 0 fully saturated rings. The van der Waals surface area contributed by atoms with Gasteiger partial charge in [-0.05, 0) is 41.7 Å². The fraction of sp³-hybridized carbons (Fsp3) is 0.316. The first kappa shape index (κ1) is 17.2. The van der Waals surface area contributed by atoms with Gasteiger partial charge in [0.2, 0.25) is 0 Å². The maximum absolute atomic E-state index is 11.7. The highest BCUT2D eigenvalue weighted by molar-refractivity contribution is 5.89. The van der Waals surface area contributed by atoms with Crippen LogP contribution in [0.4, 0.5) is 0 Å². The monoisotopic (exact) mass is 314 g/mol. The van der Waals surface area contributed by atoms with Gasteiger partial charge in [-0.2, -0.15) is 0 Å². The van der Waals surface area contributed by atoms with Gasteiger partial charge in [0.1, 0.15) is 6.10 Å². The molecule has 2 aromatic rings. The van der Waals surface area contributed by atoms with Gasteiger partial charge in [0.05, 0.1) is 12.7 Å². The fourth-order valence-corrected chi connectivity index (χ4v) is 2.61. The minimum absolute atomic E-state index is 0.180. The Hall–Kier alpha value is -2.17. The van der Waals surface area contributed by atoms with Crippen molar-refractivity contribution in [3.63, 3.8) is 0 Å². The van der Waals surface area contributed by atoms with Crippen LogP contribution in [-0.4, -0.2) is 31.9 Å². The molecule has 0 aliphatic rings. The number of esters is 1. The summed E-state index contributed by atoms with van der Waals surface area (Å²) in [6.07, 6.45) is 1.30. The normalized spacial score (nSPS) is 12.0. The van der Waals surface area contributed by atoms with Gasteiger partial charge in [-0.1, -0.05) is 36.4 Å². The lowest BCUT2D eigenvalue weighted by Gasteiger charge is -2.18. The third-order valence-electron chi connectivity index (χ3n) is 3.72. The lowest BCUT2D eigenvalue weighted by Crippen LogP contribution is -2.07. The van der Waals surface area contributed by atoms with Crippen molar-refractivity contribution in [2.24, 2.45) is 0 Å². The Morgan fingerprint density at radius 1 is 1.09 bits per heavy atom. The van der Waals surface area contributed by atoms with Crippen LogP contribution in [0, 0.1) is 0 Å². The molecule has 0 heterocycles. The molecule has 0 bridgehead atoms. The molecule has 1 unspecified atom stereocenters. The first-order chi connectivity index (χ1) is 11.2. The molecule has 2 aromatic carbocycles. The molecule has 1 atom stereocenters. The number of aliphatic hydroxyl groups is 1. The van der Waals surface area contributed by atoms with Crippen molar-refractivity contribution in [3.05, 3.63) is 70.8 Å². The number of methoxy groups -OCH3 is 2. The van der Waals surface area contributed by atoms with Crippen LogP contribution >= 0.6 is 0 Å². The van der Waals surface area contributed by atoms with E-state index >= 15 is 0 Å². The van der Waals surface area contributed by atoms with E-state index in [1.54, 1.807) is 19.2 Å². The Morgan fingerprint density at radius 2 is 1.78 bits per heavy atom. The van der Waals surface area contributed by atoms with Crippen LogP contribution in [0.15, 0.2) is 48.5 Å².